The van der Waals surface area contributed by atoms with E-state index >= 15 is 0 Å². The van der Waals surface area contributed by atoms with Gasteiger partial charge in [0.1, 0.15) is 0 Å². The monoisotopic (exact) mass is 706 g/mol. The van der Waals surface area contributed by atoms with Gasteiger partial charge in [-0.1, -0.05) is 173 Å². The van der Waals surface area contributed by atoms with Crippen LogP contribution >= 0.6 is 0 Å². The molecule has 0 aromatic rings. The minimum atomic E-state index is -0.853. The largest absolute Gasteiger partial charge is 0.466 e. The maximum Gasteiger partial charge on any atom is 0.305 e. The third-order valence-electron chi connectivity index (χ3n) is 9.72. The highest BCUT2D eigenvalue weighted by molar-refractivity contribution is 5.76. The molecular weight excluding hydrogens is 622 g/mol. The summed E-state index contributed by atoms with van der Waals surface area (Å²) in [7, 11) is 0. The van der Waals surface area contributed by atoms with E-state index in [1.807, 2.05) is 6.08 Å². The van der Waals surface area contributed by atoms with Crippen molar-refractivity contribution in [1.82, 2.24) is 5.32 Å². The summed E-state index contributed by atoms with van der Waals surface area (Å²) in [6, 6.07) is -0.639. The number of allylic oxidation sites excluding steroid dienone is 3. The highest BCUT2D eigenvalue weighted by atomic mass is 16.5. The summed E-state index contributed by atoms with van der Waals surface area (Å²) in [5.74, 6) is -0.117. The summed E-state index contributed by atoms with van der Waals surface area (Å²) in [6.45, 7) is 4.79. The Hall–Kier alpha value is -1.66. The molecule has 3 N–H and O–H groups in total. The fraction of sp³-hybridized carbons (Fsp3) is 0.864. The van der Waals surface area contributed by atoms with Crippen LogP contribution in [0.3, 0.4) is 0 Å². The van der Waals surface area contributed by atoms with Gasteiger partial charge in [-0.2, -0.15) is 0 Å². The molecule has 0 aromatic heterocycles. The Kier molecular flexibility index (Phi) is 38.8. The number of hydrogen-bond acceptors (Lipinski definition) is 5. The van der Waals surface area contributed by atoms with Crippen LogP contribution in [0.25, 0.3) is 0 Å². The minimum absolute atomic E-state index is 0.0261. The molecule has 0 spiro atoms. The predicted molar refractivity (Wildman–Crippen MR) is 213 cm³/mol. The van der Waals surface area contributed by atoms with Gasteiger partial charge in [0.25, 0.3) is 0 Å². The SMILES string of the molecule is CCCCCC/C=C\CCCCCCCC(=O)OCCCCCCCCCCCCCC(=O)NC(CO)C(O)/C=C/CCCCCCCCC. The normalized spacial score (nSPS) is 13.0. The molecule has 294 valence electrons. The van der Waals surface area contributed by atoms with Crippen molar-refractivity contribution in [2.75, 3.05) is 13.2 Å². The van der Waals surface area contributed by atoms with Crippen LogP contribution in [0.5, 0.6) is 0 Å². The third-order valence-corrected chi connectivity index (χ3v) is 9.72. The molecule has 0 saturated heterocycles. The van der Waals surface area contributed by atoms with Crippen molar-refractivity contribution in [3.8, 4) is 0 Å². The second-order valence-electron chi connectivity index (χ2n) is 14.7. The summed E-state index contributed by atoms with van der Waals surface area (Å²) in [6.07, 6.45) is 44.4. The van der Waals surface area contributed by atoms with E-state index < -0.39 is 12.1 Å². The number of ether oxygens (including phenoxy) is 1. The molecule has 0 fully saturated rings. The molecule has 0 saturated carbocycles. The first-order chi connectivity index (χ1) is 24.5. The number of hydrogen-bond donors (Lipinski definition) is 3. The molecule has 2 unspecified atom stereocenters. The Morgan fingerprint density at radius 3 is 1.44 bits per heavy atom. The topological polar surface area (TPSA) is 95.9 Å². The van der Waals surface area contributed by atoms with E-state index in [4.69, 9.17) is 4.74 Å². The lowest BCUT2D eigenvalue weighted by Crippen LogP contribution is -2.45. The van der Waals surface area contributed by atoms with Crippen molar-refractivity contribution in [1.29, 1.82) is 0 Å². The van der Waals surface area contributed by atoms with E-state index in [-0.39, 0.29) is 18.5 Å². The van der Waals surface area contributed by atoms with Crippen molar-refractivity contribution in [2.24, 2.45) is 0 Å². The quantitative estimate of drug-likeness (QED) is 0.0336. The van der Waals surface area contributed by atoms with Crippen LogP contribution in [0.1, 0.15) is 219 Å². The molecule has 1 amide bonds. The number of rotatable bonds is 39. The highest BCUT2D eigenvalue weighted by Crippen LogP contribution is 2.14. The number of carbonyl (C=O) groups is 2. The Balaban J connectivity index is 3.50. The van der Waals surface area contributed by atoms with Gasteiger partial charge < -0.3 is 20.3 Å². The second kappa shape index (κ2) is 40.1. The van der Waals surface area contributed by atoms with E-state index in [9.17, 15) is 19.8 Å². The third kappa shape index (κ3) is 36.1. The number of amides is 1. The molecule has 0 heterocycles. The molecule has 0 aliphatic heterocycles. The van der Waals surface area contributed by atoms with E-state index in [0.717, 1.165) is 57.8 Å². The number of aliphatic hydroxyl groups is 2. The van der Waals surface area contributed by atoms with E-state index in [0.29, 0.717) is 19.4 Å². The Morgan fingerprint density at radius 2 is 0.940 bits per heavy atom. The molecular formula is C44H83NO5. The van der Waals surface area contributed by atoms with Crippen LogP contribution in [0.2, 0.25) is 0 Å². The van der Waals surface area contributed by atoms with E-state index in [1.54, 1.807) is 6.08 Å². The second-order valence-corrected chi connectivity index (χ2v) is 14.7. The van der Waals surface area contributed by atoms with Crippen LogP contribution in [-0.2, 0) is 14.3 Å². The molecule has 50 heavy (non-hydrogen) atoms. The molecule has 0 aliphatic rings. The Labute approximate surface area is 310 Å². The Bertz CT molecular complexity index is 782. The van der Waals surface area contributed by atoms with Crippen molar-refractivity contribution in [3.05, 3.63) is 24.3 Å². The van der Waals surface area contributed by atoms with Crippen LogP contribution in [0, 0.1) is 0 Å². The zero-order chi connectivity index (χ0) is 36.6. The first-order valence-corrected chi connectivity index (χ1v) is 21.6. The Morgan fingerprint density at radius 1 is 0.540 bits per heavy atom. The van der Waals surface area contributed by atoms with Crippen molar-refractivity contribution in [2.45, 2.75) is 231 Å². The van der Waals surface area contributed by atoms with Crippen LogP contribution in [0.4, 0.5) is 0 Å². The van der Waals surface area contributed by atoms with Gasteiger partial charge in [0, 0.05) is 12.8 Å². The highest BCUT2D eigenvalue weighted by Gasteiger charge is 2.18. The number of unbranched alkanes of at least 4 members (excludes halogenated alkanes) is 26. The summed E-state index contributed by atoms with van der Waals surface area (Å²) in [5.41, 5.74) is 0. The average Bonchev–Trinajstić information content (AvgIpc) is 3.11. The van der Waals surface area contributed by atoms with Gasteiger partial charge in [0.2, 0.25) is 5.91 Å². The van der Waals surface area contributed by atoms with Crippen molar-refractivity contribution >= 4 is 11.9 Å². The van der Waals surface area contributed by atoms with Crippen LogP contribution in [0.15, 0.2) is 24.3 Å². The number of carbonyl (C=O) groups excluding carboxylic acids is 2. The minimum Gasteiger partial charge on any atom is -0.466 e. The molecule has 0 aromatic carbocycles. The van der Waals surface area contributed by atoms with Crippen molar-refractivity contribution < 1.29 is 24.5 Å². The van der Waals surface area contributed by atoms with Crippen molar-refractivity contribution in [3.63, 3.8) is 0 Å². The van der Waals surface area contributed by atoms with Gasteiger partial charge in [-0.3, -0.25) is 9.59 Å². The molecule has 0 bridgehead atoms. The lowest BCUT2D eigenvalue weighted by molar-refractivity contribution is -0.143. The van der Waals surface area contributed by atoms with Gasteiger partial charge in [-0.15, -0.1) is 0 Å². The lowest BCUT2D eigenvalue weighted by Gasteiger charge is -2.20. The molecule has 2 atom stereocenters. The number of esters is 1. The zero-order valence-electron chi connectivity index (χ0n) is 33.1. The molecule has 0 rings (SSSR count). The summed E-state index contributed by atoms with van der Waals surface area (Å²) in [5, 5.41) is 22.8. The fourth-order valence-corrected chi connectivity index (χ4v) is 6.33. The smallest absolute Gasteiger partial charge is 0.305 e. The maximum absolute atomic E-state index is 12.3. The molecule has 6 heteroatoms. The van der Waals surface area contributed by atoms with Gasteiger partial charge >= 0.3 is 5.97 Å². The van der Waals surface area contributed by atoms with Crippen LogP contribution in [-0.4, -0.2) is 47.4 Å². The van der Waals surface area contributed by atoms with E-state index in [1.165, 1.54) is 135 Å². The zero-order valence-corrected chi connectivity index (χ0v) is 33.1. The van der Waals surface area contributed by atoms with Gasteiger partial charge in [-0.25, -0.2) is 0 Å². The maximum atomic E-state index is 12.3. The van der Waals surface area contributed by atoms with Gasteiger partial charge in [0.05, 0.1) is 25.4 Å². The fourth-order valence-electron chi connectivity index (χ4n) is 6.33. The van der Waals surface area contributed by atoms with E-state index in [2.05, 4.69) is 31.3 Å². The number of aliphatic hydroxyl groups excluding tert-OH is 2. The lowest BCUT2D eigenvalue weighted by atomic mass is 10.0. The predicted octanol–water partition coefficient (Wildman–Crippen LogP) is 12.0. The first-order valence-electron chi connectivity index (χ1n) is 21.6. The first kappa shape index (κ1) is 48.3. The van der Waals surface area contributed by atoms with Gasteiger partial charge in [0.15, 0.2) is 0 Å². The average molecular weight is 706 g/mol. The standard InChI is InChI=1S/C44H83NO5/c1-3-5-7-9-11-13-14-15-18-22-26-30-34-38-44(49)50-39-35-31-27-23-19-16-17-21-25-29-33-37-43(48)45-41(40-46)42(47)36-32-28-24-20-12-10-8-6-4-2/h13-14,32,36,41-42,46-47H,3-12,15-31,33-35,37-40H2,1-2H3,(H,45,48)/b14-13-,36-32+. The summed E-state index contributed by atoms with van der Waals surface area (Å²) >= 11 is 0. The summed E-state index contributed by atoms with van der Waals surface area (Å²) < 4.78 is 5.43. The molecule has 6 nitrogen and oxygen atoms in total. The molecule has 0 aliphatic carbocycles. The van der Waals surface area contributed by atoms with Crippen LogP contribution < -0.4 is 5.32 Å². The number of nitrogens with one attached hydrogen (secondary N) is 1. The van der Waals surface area contributed by atoms with Gasteiger partial charge in [-0.05, 0) is 57.8 Å². The summed E-state index contributed by atoms with van der Waals surface area (Å²) in [4.78, 5) is 24.3. The molecule has 0 radical (unpaired) electrons.